The van der Waals surface area contributed by atoms with Gasteiger partial charge in [0.2, 0.25) is 0 Å². The summed E-state index contributed by atoms with van der Waals surface area (Å²) in [5.41, 5.74) is 0. The minimum atomic E-state index is 0.576. The molecule has 1 aliphatic heterocycles. The maximum Gasteiger partial charge on any atom is 0.142 e. The zero-order valence-corrected chi connectivity index (χ0v) is 5.00. The molecule has 0 saturated carbocycles. The Labute approximate surface area is 53.0 Å². The Bertz CT molecular complexity index is 179. The van der Waals surface area contributed by atoms with E-state index in [-0.39, 0.29) is 0 Å². The number of hydrogen-bond acceptors (Lipinski definition) is 3. The highest BCUT2D eigenvalue weighted by Gasteiger charge is 2.21. The Morgan fingerprint density at radius 1 is 1.67 bits per heavy atom. The van der Waals surface area contributed by atoms with Crippen LogP contribution in [-0.4, -0.2) is 18.2 Å². The predicted octanol–water partition coefficient (Wildman–Crippen LogP) is 0.361. The molecule has 0 unspecified atom stereocenters. The van der Waals surface area contributed by atoms with E-state index in [9.17, 15) is 0 Å². The second kappa shape index (κ2) is 1.84. The van der Waals surface area contributed by atoms with Gasteiger partial charge >= 0.3 is 0 Å². The van der Waals surface area contributed by atoms with Crippen molar-refractivity contribution < 1.29 is 4.52 Å². The van der Waals surface area contributed by atoms with Crippen molar-refractivity contribution in [2.24, 2.45) is 0 Å². The molecule has 0 bridgehead atoms. The molecule has 0 radical (unpaired) electrons. The number of hydrogen-bond donors (Lipinski definition) is 1. The number of rotatable bonds is 1. The van der Waals surface area contributed by atoms with Crippen molar-refractivity contribution in [2.75, 3.05) is 13.1 Å². The molecule has 2 heterocycles. The standard InChI is InChI=1S/C6H8N2O/c1-2-8-9-6(1)5-3-7-4-5/h1-2,5,7H,3-4H2. The van der Waals surface area contributed by atoms with E-state index >= 15 is 0 Å². The Morgan fingerprint density at radius 2 is 2.56 bits per heavy atom. The van der Waals surface area contributed by atoms with Crippen LogP contribution in [0.15, 0.2) is 16.8 Å². The molecule has 0 atom stereocenters. The molecular weight excluding hydrogens is 116 g/mol. The maximum absolute atomic E-state index is 4.95. The van der Waals surface area contributed by atoms with Gasteiger partial charge in [-0.2, -0.15) is 0 Å². The molecular formula is C6H8N2O. The lowest BCUT2D eigenvalue weighted by Gasteiger charge is -2.23. The lowest BCUT2D eigenvalue weighted by molar-refractivity contribution is 0.315. The van der Waals surface area contributed by atoms with Crippen molar-refractivity contribution in [1.29, 1.82) is 0 Å². The maximum atomic E-state index is 4.95. The summed E-state index contributed by atoms with van der Waals surface area (Å²) >= 11 is 0. The van der Waals surface area contributed by atoms with Crippen molar-refractivity contribution in [3.63, 3.8) is 0 Å². The van der Waals surface area contributed by atoms with Crippen LogP contribution in [0, 0.1) is 0 Å². The number of nitrogens with one attached hydrogen (secondary N) is 1. The third kappa shape index (κ3) is 0.733. The average molecular weight is 124 g/mol. The van der Waals surface area contributed by atoms with Crippen LogP contribution >= 0.6 is 0 Å². The summed E-state index contributed by atoms with van der Waals surface area (Å²) in [5.74, 6) is 1.58. The predicted molar refractivity (Wildman–Crippen MR) is 32.1 cm³/mol. The summed E-state index contributed by atoms with van der Waals surface area (Å²) < 4.78 is 4.95. The summed E-state index contributed by atoms with van der Waals surface area (Å²) in [7, 11) is 0. The van der Waals surface area contributed by atoms with Crippen LogP contribution in [0.3, 0.4) is 0 Å². The molecule has 1 aliphatic rings. The van der Waals surface area contributed by atoms with E-state index in [1.807, 2.05) is 6.07 Å². The molecule has 0 aliphatic carbocycles. The van der Waals surface area contributed by atoms with E-state index in [0.29, 0.717) is 5.92 Å². The zero-order chi connectivity index (χ0) is 6.10. The molecule has 48 valence electrons. The first-order valence-corrected chi connectivity index (χ1v) is 3.08. The van der Waals surface area contributed by atoms with E-state index in [1.54, 1.807) is 6.20 Å². The van der Waals surface area contributed by atoms with Crippen LogP contribution in [0.4, 0.5) is 0 Å². The van der Waals surface area contributed by atoms with Crippen LogP contribution in [0.25, 0.3) is 0 Å². The highest BCUT2D eigenvalue weighted by molar-refractivity contribution is 5.07. The van der Waals surface area contributed by atoms with E-state index < -0.39 is 0 Å². The van der Waals surface area contributed by atoms with Crippen LogP contribution in [0.1, 0.15) is 11.7 Å². The Morgan fingerprint density at radius 3 is 3.00 bits per heavy atom. The van der Waals surface area contributed by atoms with Crippen molar-refractivity contribution >= 4 is 0 Å². The van der Waals surface area contributed by atoms with Gasteiger partial charge in [-0.3, -0.25) is 0 Å². The summed E-state index contributed by atoms with van der Waals surface area (Å²) in [6, 6.07) is 1.92. The van der Waals surface area contributed by atoms with E-state index in [2.05, 4.69) is 10.5 Å². The Balaban J connectivity index is 2.14. The van der Waals surface area contributed by atoms with Crippen molar-refractivity contribution in [2.45, 2.75) is 5.92 Å². The van der Waals surface area contributed by atoms with Crippen LogP contribution in [-0.2, 0) is 0 Å². The normalized spacial score (nSPS) is 19.6. The topological polar surface area (TPSA) is 38.1 Å². The third-order valence-corrected chi connectivity index (χ3v) is 1.64. The highest BCUT2D eigenvalue weighted by Crippen LogP contribution is 2.17. The molecule has 0 spiro atoms. The molecule has 0 amide bonds. The largest absolute Gasteiger partial charge is 0.361 e. The summed E-state index contributed by atoms with van der Waals surface area (Å²) in [5, 5.41) is 6.78. The molecule has 9 heavy (non-hydrogen) atoms. The molecule has 1 fully saturated rings. The van der Waals surface area contributed by atoms with E-state index in [4.69, 9.17) is 4.52 Å². The lowest BCUT2D eigenvalue weighted by Crippen LogP contribution is -2.39. The molecule has 3 heteroatoms. The van der Waals surface area contributed by atoms with Crippen molar-refractivity contribution in [3.05, 3.63) is 18.0 Å². The van der Waals surface area contributed by atoms with Gasteiger partial charge in [-0.1, -0.05) is 5.16 Å². The Kier molecular flexibility index (Phi) is 1.02. The second-order valence-electron chi connectivity index (χ2n) is 2.27. The van der Waals surface area contributed by atoms with E-state index in [1.165, 1.54) is 0 Å². The minimum absolute atomic E-state index is 0.576. The monoisotopic (exact) mass is 124 g/mol. The molecule has 1 N–H and O–H groups in total. The quantitative estimate of drug-likeness (QED) is 0.587. The first-order valence-electron chi connectivity index (χ1n) is 3.08. The van der Waals surface area contributed by atoms with Gasteiger partial charge < -0.3 is 9.84 Å². The molecule has 0 aromatic carbocycles. The van der Waals surface area contributed by atoms with Gasteiger partial charge in [-0.25, -0.2) is 0 Å². The second-order valence-corrected chi connectivity index (χ2v) is 2.27. The lowest BCUT2D eigenvalue weighted by atomic mass is 10.0. The van der Waals surface area contributed by atoms with Crippen LogP contribution in [0.2, 0.25) is 0 Å². The van der Waals surface area contributed by atoms with Gasteiger partial charge in [0.05, 0.1) is 6.20 Å². The van der Waals surface area contributed by atoms with Gasteiger partial charge in [-0.05, 0) is 0 Å². The van der Waals surface area contributed by atoms with Gasteiger partial charge in [-0.15, -0.1) is 0 Å². The van der Waals surface area contributed by atoms with Gasteiger partial charge in [0.1, 0.15) is 5.76 Å². The fourth-order valence-electron chi connectivity index (χ4n) is 0.926. The minimum Gasteiger partial charge on any atom is -0.361 e. The summed E-state index contributed by atoms with van der Waals surface area (Å²) in [6.45, 7) is 2.07. The Hall–Kier alpha value is -0.830. The molecule has 1 aromatic heterocycles. The van der Waals surface area contributed by atoms with Crippen LogP contribution in [0.5, 0.6) is 0 Å². The summed E-state index contributed by atoms with van der Waals surface area (Å²) in [4.78, 5) is 0. The molecule has 2 rings (SSSR count). The highest BCUT2D eigenvalue weighted by atomic mass is 16.5. The van der Waals surface area contributed by atoms with Crippen LogP contribution < -0.4 is 5.32 Å². The summed E-state index contributed by atoms with van der Waals surface area (Å²) in [6.07, 6.45) is 1.69. The van der Waals surface area contributed by atoms with Crippen molar-refractivity contribution in [3.8, 4) is 0 Å². The smallest absolute Gasteiger partial charge is 0.142 e. The average Bonchev–Trinajstić information content (AvgIpc) is 2.11. The fourth-order valence-corrected chi connectivity index (χ4v) is 0.926. The van der Waals surface area contributed by atoms with Gasteiger partial charge in [0.25, 0.3) is 0 Å². The zero-order valence-electron chi connectivity index (χ0n) is 5.00. The first-order chi connectivity index (χ1) is 4.47. The molecule has 1 aromatic rings. The fraction of sp³-hybridized carbons (Fsp3) is 0.500. The van der Waals surface area contributed by atoms with Crippen molar-refractivity contribution in [1.82, 2.24) is 10.5 Å². The molecule has 1 saturated heterocycles. The SMILES string of the molecule is c1cc(C2CNC2)on1. The van der Waals surface area contributed by atoms with Gasteiger partial charge in [0, 0.05) is 25.1 Å². The third-order valence-electron chi connectivity index (χ3n) is 1.64. The van der Waals surface area contributed by atoms with E-state index in [0.717, 1.165) is 18.8 Å². The number of aromatic nitrogens is 1. The molecule has 3 nitrogen and oxygen atoms in total. The van der Waals surface area contributed by atoms with Gasteiger partial charge in [0.15, 0.2) is 0 Å². The number of nitrogens with zero attached hydrogens (tertiary/aromatic N) is 1. The first kappa shape index (κ1) is 4.99.